The molecule has 0 aliphatic rings. The summed E-state index contributed by atoms with van der Waals surface area (Å²) in [6.07, 6.45) is 0.587. The van der Waals surface area contributed by atoms with E-state index in [1.54, 1.807) is 19.2 Å². The van der Waals surface area contributed by atoms with E-state index in [-0.39, 0.29) is 17.2 Å². The minimum atomic E-state index is -0.288. The Morgan fingerprint density at radius 1 is 1.11 bits per heavy atom. The van der Waals surface area contributed by atoms with Crippen LogP contribution >= 0.6 is 11.6 Å². The topological polar surface area (TPSA) is 69.2 Å². The summed E-state index contributed by atoms with van der Waals surface area (Å²) in [5, 5.41) is 19.2. The second-order valence-electron chi connectivity index (χ2n) is 6.59. The lowest BCUT2D eigenvalue weighted by atomic mass is 10.0. The Kier molecular flexibility index (Phi) is 4.75. The van der Waals surface area contributed by atoms with Crippen LogP contribution in [0.15, 0.2) is 66.7 Å². The summed E-state index contributed by atoms with van der Waals surface area (Å²) in [6, 6.07) is 20.1. The summed E-state index contributed by atoms with van der Waals surface area (Å²) < 4.78 is 0. The number of amides is 1. The highest BCUT2D eigenvalue weighted by Gasteiger charge is 2.20. The zero-order valence-electron chi connectivity index (χ0n) is 15.2. The number of nitrogens with one attached hydrogen (secondary N) is 1. The molecule has 1 amide bonds. The highest BCUT2D eigenvalue weighted by atomic mass is 35.5. The monoisotopic (exact) mass is 391 g/mol. The van der Waals surface area contributed by atoms with Crippen molar-refractivity contribution in [2.75, 3.05) is 11.9 Å². The van der Waals surface area contributed by atoms with Gasteiger partial charge in [0.25, 0.3) is 5.91 Å². The van der Waals surface area contributed by atoms with E-state index < -0.39 is 0 Å². The van der Waals surface area contributed by atoms with Gasteiger partial charge in [-0.2, -0.15) is 5.10 Å². The number of aromatic nitrogens is 2. The summed E-state index contributed by atoms with van der Waals surface area (Å²) in [7, 11) is 1.69. The van der Waals surface area contributed by atoms with Gasteiger partial charge in [0.05, 0.1) is 16.8 Å². The van der Waals surface area contributed by atoms with Crippen molar-refractivity contribution in [1.29, 1.82) is 0 Å². The first-order valence-corrected chi connectivity index (χ1v) is 9.18. The van der Waals surface area contributed by atoms with Crippen molar-refractivity contribution >= 4 is 34.1 Å². The van der Waals surface area contributed by atoms with E-state index in [1.165, 1.54) is 4.90 Å². The van der Waals surface area contributed by atoms with Crippen LogP contribution in [0.3, 0.4) is 0 Å². The van der Waals surface area contributed by atoms with Gasteiger partial charge in [-0.25, -0.2) is 0 Å². The number of carbonyl (C=O) groups excluding carboxylic acids is 1. The molecule has 0 spiro atoms. The number of para-hydroxylation sites is 1. The summed E-state index contributed by atoms with van der Waals surface area (Å²) in [5.41, 5.74) is 3.52. The molecule has 4 rings (SSSR count). The number of phenols is 1. The van der Waals surface area contributed by atoms with Crippen LogP contribution in [0.2, 0.25) is 5.02 Å². The molecule has 1 aromatic heterocycles. The Labute approximate surface area is 167 Å². The molecule has 0 radical (unpaired) electrons. The number of aromatic amines is 1. The second kappa shape index (κ2) is 7.37. The van der Waals surface area contributed by atoms with Crippen LogP contribution < -0.4 is 4.90 Å². The van der Waals surface area contributed by atoms with Gasteiger partial charge in [-0.1, -0.05) is 41.9 Å². The Morgan fingerprint density at radius 2 is 1.82 bits per heavy atom. The van der Waals surface area contributed by atoms with Crippen LogP contribution in [0.5, 0.6) is 5.75 Å². The number of H-pyrrole nitrogens is 1. The van der Waals surface area contributed by atoms with Gasteiger partial charge in [-0.3, -0.25) is 9.89 Å². The van der Waals surface area contributed by atoms with Gasteiger partial charge in [-0.05, 0) is 35.9 Å². The van der Waals surface area contributed by atoms with Crippen molar-refractivity contribution in [3.05, 3.63) is 88.6 Å². The number of phenolic OH excluding ortho intramolecular Hbond substituents is 1. The first-order valence-electron chi connectivity index (χ1n) is 8.80. The van der Waals surface area contributed by atoms with E-state index in [2.05, 4.69) is 10.2 Å². The van der Waals surface area contributed by atoms with Gasteiger partial charge in [0.1, 0.15) is 5.75 Å². The molecule has 0 saturated heterocycles. The van der Waals surface area contributed by atoms with Crippen molar-refractivity contribution in [1.82, 2.24) is 10.2 Å². The quantitative estimate of drug-likeness (QED) is 0.525. The van der Waals surface area contributed by atoms with Gasteiger partial charge < -0.3 is 10.0 Å². The van der Waals surface area contributed by atoms with Crippen molar-refractivity contribution in [3.63, 3.8) is 0 Å². The highest BCUT2D eigenvalue weighted by molar-refractivity contribution is 6.30. The third-order valence-corrected chi connectivity index (χ3v) is 4.97. The Balaban J connectivity index is 1.70. The molecular weight excluding hydrogens is 374 g/mol. The maximum Gasteiger partial charge on any atom is 0.261 e. The summed E-state index contributed by atoms with van der Waals surface area (Å²) in [6.45, 7) is 0. The molecule has 0 fully saturated rings. The van der Waals surface area contributed by atoms with E-state index in [0.717, 1.165) is 22.3 Å². The summed E-state index contributed by atoms with van der Waals surface area (Å²) in [4.78, 5) is 14.5. The maximum atomic E-state index is 13.0. The Bertz CT molecular complexity index is 1140. The average Bonchev–Trinajstić information content (AvgIpc) is 3.10. The van der Waals surface area contributed by atoms with E-state index in [0.29, 0.717) is 17.0 Å². The largest absolute Gasteiger partial charge is 0.507 e. The van der Waals surface area contributed by atoms with Gasteiger partial charge in [0.15, 0.2) is 0 Å². The molecule has 6 heteroatoms. The van der Waals surface area contributed by atoms with E-state index in [4.69, 9.17) is 11.6 Å². The molecule has 3 aromatic carbocycles. The molecule has 0 atom stereocenters. The predicted molar refractivity (Wildman–Crippen MR) is 111 cm³/mol. The van der Waals surface area contributed by atoms with Crippen molar-refractivity contribution < 1.29 is 9.90 Å². The number of anilines is 1. The first kappa shape index (κ1) is 18.1. The number of benzene rings is 3. The van der Waals surface area contributed by atoms with Gasteiger partial charge in [0, 0.05) is 35.6 Å². The summed E-state index contributed by atoms with van der Waals surface area (Å²) in [5.74, 6) is -0.369. The average molecular weight is 392 g/mol. The standard InChI is InChI=1S/C22H18ClN3O2/c1-26(16-5-3-2-4-6-16)22(28)18-12-17-19(24-25-20(17)13-21(18)27)11-14-7-9-15(23)10-8-14/h2-10,12-13,27H,11H2,1H3,(H,24,25). The Hall–Kier alpha value is -3.31. The molecule has 0 bridgehead atoms. The number of halogens is 1. The number of hydrogen-bond donors (Lipinski definition) is 2. The molecule has 1 heterocycles. The molecular formula is C22H18ClN3O2. The SMILES string of the molecule is CN(C(=O)c1cc2c(Cc3ccc(Cl)cc3)n[nH]c2cc1O)c1ccccc1. The molecule has 5 nitrogen and oxygen atoms in total. The second-order valence-corrected chi connectivity index (χ2v) is 7.02. The molecule has 140 valence electrons. The van der Waals surface area contributed by atoms with E-state index in [1.807, 2.05) is 54.6 Å². The van der Waals surface area contributed by atoms with Crippen LogP contribution in [0, 0.1) is 0 Å². The van der Waals surface area contributed by atoms with Crippen molar-refractivity contribution in [2.24, 2.45) is 0 Å². The Morgan fingerprint density at radius 3 is 2.54 bits per heavy atom. The van der Waals surface area contributed by atoms with Crippen LogP contribution in [-0.2, 0) is 6.42 Å². The maximum absolute atomic E-state index is 13.0. The van der Waals surface area contributed by atoms with Gasteiger partial charge in [0.2, 0.25) is 0 Å². The zero-order chi connectivity index (χ0) is 19.7. The molecule has 0 unspecified atom stereocenters. The molecule has 0 aliphatic heterocycles. The third-order valence-electron chi connectivity index (χ3n) is 4.72. The lowest BCUT2D eigenvalue weighted by molar-refractivity contribution is 0.0990. The number of fused-ring (bicyclic) bond motifs is 1. The smallest absolute Gasteiger partial charge is 0.261 e. The van der Waals surface area contributed by atoms with E-state index in [9.17, 15) is 9.90 Å². The van der Waals surface area contributed by atoms with E-state index >= 15 is 0 Å². The van der Waals surface area contributed by atoms with Gasteiger partial charge >= 0.3 is 0 Å². The lowest BCUT2D eigenvalue weighted by Crippen LogP contribution is -2.26. The van der Waals surface area contributed by atoms with Crippen LogP contribution in [0.25, 0.3) is 10.9 Å². The lowest BCUT2D eigenvalue weighted by Gasteiger charge is -2.18. The minimum absolute atomic E-state index is 0.0815. The minimum Gasteiger partial charge on any atom is -0.507 e. The fourth-order valence-corrected chi connectivity index (χ4v) is 3.28. The number of aromatic hydroxyl groups is 1. The molecule has 0 aliphatic carbocycles. The number of rotatable bonds is 4. The fraction of sp³-hybridized carbons (Fsp3) is 0.0909. The fourth-order valence-electron chi connectivity index (χ4n) is 3.16. The normalized spacial score (nSPS) is 10.9. The molecule has 2 N–H and O–H groups in total. The van der Waals surface area contributed by atoms with Crippen LogP contribution in [0.1, 0.15) is 21.6 Å². The number of carbonyl (C=O) groups is 1. The molecule has 28 heavy (non-hydrogen) atoms. The highest BCUT2D eigenvalue weighted by Crippen LogP contribution is 2.29. The zero-order valence-corrected chi connectivity index (χ0v) is 15.9. The summed E-state index contributed by atoms with van der Waals surface area (Å²) >= 11 is 5.95. The number of hydrogen-bond acceptors (Lipinski definition) is 3. The van der Waals surface area contributed by atoms with Gasteiger partial charge in [-0.15, -0.1) is 0 Å². The first-order chi connectivity index (χ1) is 13.5. The molecule has 4 aromatic rings. The third kappa shape index (κ3) is 3.44. The van der Waals surface area contributed by atoms with Crippen LogP contribution in [0.4, 0.5) is 5.69 Å². The molecule has 0 saturated carbocycles. The van der Waals surface area contributed by atoms with Crippen molar-refractivity contribution in [2.45, 2.75) is 6.42 Å². The number of nitrogens with zero attached hydrogens (tertiary/aromatic N) is 2. The predicted octanol–water partition coefficient (Wildman–Crippen LogP) is 4.79. The van der Waals surface area contributed by atoms with Crippen LogP contribution in [-0.4, -0.2) is 28.3 Å². The van der Waals surface area contributed by atoms with Crippen molar-refractivity contribution in [3.8, 4) is 5.75 Å².